The van der Waals surface area contributed by atoms with E-state index in [0.717, 1.165) is 0 Å². The van der Waals surface area contributed by atoms with Crippen molar-refractivity contribution < 1.29 is 4.70 Å². The Balaban J connectivity index is 0. The smallest absolute Gasteiger partial charge is 0.269 e. The summed E-state index contributed by atoms with van der Waals surface area (Å²) in [6.07, 6.45) is 11.7. The molecule has 0 heterocycles. The molecule has 0 aliphatic carbocycles. The van der Waals surface area contributed by atoms with Crippen LogP contribution in [-0.4, -0.2) is 27.9 Å². The second kappa shape index (κ2) is 14.5. The Morgan fingerprint density at radius 3 is 1.58 bits per heavy atom. The standard InChI is InChI=1S/C10H21.FH.Na/c1-3-5-7-9-10-8-6-4-2;;/h1,3-10H2,2H3;1H;. The molecule has 70 valence electrons. The van der Waals surface area contributed by atoms with Gasteiger partial charge in [-0.25, -0.2) is 0 Å². The second-order valence-electron chi connectivity index (χ2n) is 3.47. The summed E-state index contributed by atoms with van der Waals surface area (Å²) < 4.78 is 1.51. The van der Waals surface area contributed by atoms with Gasteiger partial charge >= 0.3 is 89.9 Å². The van der Waals surface area contributed by atoms with Crippen LogP contribution in [0.15, 0.2) is 0 Å². The largest absolute Gasteiger partial charge is 0.269 e. The molecule has 0 aromatic carbocycles. The van der Waals surface area contributed by atoms with Crippen LogP contribution in [0.4, 0.5) is 4.70 Å². The zero-order chi connectivity index (χ0) is 8.36. The SMILES string of the molecule is CCCCCCCCC[CH2][Na].F. The van der Waals surface area contributed by atoms with Gasteiger partial charge in [0, 0.05) is 0 Å². The fraction of sp³-hybridized carbons (Fsp3) is 1.00. The quantitative estimate of drug-likeness (QED) is 0.397. The van der Waals surface area contributed by atoms with E-state index in [4.69, 9.17) is 0 Å². The molecule has 0 unspecified atom stereocenters. The first-order valence-corrected chi connectivity index (χ1v) is 6.83. The van der Waals surface area contributed by atoms with E-state index in [9.17, 15) is 0 Å². The molecule has 0 fully saturated rings. The molecule has 0 bridgehead atoms. The van der Waals surface area contributed by atoms with Crippen LogP contribution in [0, 0.1) is 0 Å². The molecule has 0 rings (SSSR count). The molecule has 0 spiro atoms. The summed E-state index contributed by atoms with van der Waals surface area (Å²) in [5, 5.41) is 0. The van der Waals surface area contributed by atoms with Crippen LogP contribution < -0.4 is 0 Å². The third-order valence-electron chi connectivity index (χ3n) is 2.21. The van der Waals surface area contributed by atoms with E-state index >= 15 is 0 Å². The Morgan fingerprint density at radius 1 is 0.750 bits per heavy atom. The first kappa shape index (κ1) is 15.4. The number of unbranched alkanes of at least 4 members (excludes halogenated alkanes) is 7. The van der Waals surface area contributed by atoms with Crippen LogP contribution in [0.25, 0.3) is 0 Å². The molecule has 2 heteroatoms. The van der Waals surface area contributed by atoms with Crippen molar-refractivity contribution in [2.24, 2.45) is 0 Å². The van der Waals surface area contributed by atoms with E-state index in [-0.39, 0.29) is 4.70 Å². The minimum atomic E-state index is 0. The molecule has 0 atom stereocenters. The van der Waals surface area contributed by atoms with Gasteiger partial charge in [-0.1, -0.05) is 0 Å². The Morgan fingerprint density at radius 2 is 1.17 bits per heavy atom. The fourth-order valence-electron chi connectivity index (χ4n) is 1.38. The summed E-state index contributed by atoms with van der Waals surface area (Å²) in [6, 6.07) is 0. The molecular weight excluding hydrogens is 162 g/mol. The van der Waals surface area contributed by atoms with Gasteiger partial charge in [-0.15, -0.1) is 0 Å². The van der Waals surface area contributed by atoms with Crippen molar-refractivity contribution in [2.75, 3.05) is 0 Å². The van der Waals surface area contributed by atoms with Crippen LogP contribution in [-0.2, 0) is 0 Å². The van der Waals surface area contributed by atoms with Crippen molar-refractivity contribution in [1.82, 2.24) is 0 Å². The van der Waals surface area contributed by atoms with Gasteiger partial charge in [0.15, 0.2) is 0 Å². The van der Waals surface area contributed by atoms with E-state index < -0.39 is 0 Å². The van der Waals surface area contributed by atoms with E-state index in [2.05, 4.69) is 6.92 Å². The van der Waals surface area contributed by atoms with Gasteiger partial charge < -0.3 is 0 Å². The minimum absolute atomic E-state index is 0. The summed E-state index contributed by atoms with van der Waals surface area (Å²) in [5.41, 5.74) is 0. The Hall–Kier alpha value is 0.930. The Kier molecular flexibility index (Phi) is 18.6. The average molecular weight is 184 g/mol. The third kappa shape index (κ3) is 13.5. The first-order chi connectivity index (χ1) is 5.41. The van der Waals surface area contributed by atoms with Crippen LogP contribution in [0.3, 0.4) is 0 Å². The number of hydrogen-bond acceptors (Lipinski definition) is 0. The van der Waals surface area contributed by atoms with Crippen molar-refractivity contribution >= 4 is 27.9 Å². The maximum Gasteiger partial charge on any atom is -0.269 e. The summed E-state index contributed by atoms with van der Waals surface area (Å²) >= 11 is 1.41. The third-order valence-corrected chi connectivity index (χ3v) is 2.91. The summed E-state index contributed by atoms with van der Waals surface area (Å²) in [7, 11) is 0. The minimum Gasteiger partial charge on any atom is -0.269 e. The molecule has 0 aromatic heterocycles. The van der Waals surface area contributed by atoms with Gasteiger partial charge in [0.2, 0.25) is 0 Å². The molecular formula is C10H22FNa. The van der Waals surface area contributed by atoms with Crippen molar-refractivity contribution in [1.29, 1.82) is 0 Å². The maximum absolute atomic E-state index is 2.28. The van der Waals surface area contributed by atoms with Gasteiger partial charge in [0.1, 0.15) is 0 Å². The van der Waals surface area contributed by atoms with Crippen molar-refractivity contribution in [3.8, 4) is 0 Å². The second-order valence-corrected chi connectivity index (χ2v) is 4.47. The summed E-state index contributed by atoms with van der Waals surface area (Å²) in [4.78, 5) is 0. The zero-order valence-corrected chi connectivity index (χ0v) is 10.8. The molecule has 0 aromatic rings. The van der Waals surface area contributed by atoms with E-state index in [1.54, 1.807) is 0 Å². The van der Waals surface area contributed by atoms with Gasteiger partial charge in [-0.05, 0) is 0 Å². The van der Waals surface area contributed by atoms with Crippen molar-refractivity contribution in [2.45, 2.75) is 62.0 Å². The average Bonchev–Trinajstić information content (AvgIpc) is 2.03. The fourth-order valence-corrected chi connectivity index (χ4v) is 1.88. The molecule has 0 saturated heterocycles. The normalized spacial score (nSPS) is 9.58. The Labute approximate surface area is 94.3 Å². The number of rotatable bonds is 8. The van der Waals surface area contributed by atoms with Gasteiger partial charge in [0.25, 0.3) is 0 Å². The molecule has 0 amide bonds. The number of halogens is 1. The molecule has 0 saturated carbocycles. The van der Waals surface area contributed by atoms with E-state index in [0.29, 0.717) is 0 Å². The van der Waals surface area contributed by atoms with Crippen LogP contribution in [0.5, 0.6) is 0 Å². The van der Waals surface area contributed by atoms with E-state index in [1.165, 1.54) is 83.0 Å². The monoisotopic (exact) mass is 184 g/mol. The van der Waals surface area contributed by atoms with Crippen LogP contribution in [0.1, 0.15) is 58.3 Å². The van der Waals surface area contributed by atoms with Gasteiger partial charge in [-0.3, -0.25) is 4.70 Å². The summed E-state index contributed by atoms with van der Waals surface area (Å²) in [6.45, 7) is 2.28. The van der Waals surface area contributed by atoms with E-state index in [1.807, 2.05) is 0 Å². The first-order valence-electron chi connectivity index (χ1n) is 5.41. The predicted molar refractivity (Wildman–Crippen MR) is 55.7 cm³/mol. The van der Waals surface area contributed by atoms with Gasteiger partial charge in [-0.2, -0.15) is 0 Å². The Bertz CT molecular complexity index is 58.9. The van der Waals surface area contributed by atoms with Crippen LogP contribution in [0.2, 0.25) is 3.67 Å². The van der Waals surface area contributed by atoms with Crippen molar-refractivity contribution in [3.63, 3.8) is 0 Å². The molecule has 0 nitrogen and oxygen atoms in total. The molecule has 0 aliphatic heterocycles. The predicted octanol–water partition coefficient (Wildman–Crippen LogP) is 3.87. The summed E-state index contributed by atoms with van der Waals surface area (Å²) in [5.74, 6) is 0. The topological polar surface area (TPSA) is 0 Å². The van der Waals surface area contributed by atoms with Crippen LogP contribution >= 0.6 is 0 Å². The maximum atomic E-state index is 2.28. The molecule has 12 heavy (non-hydrogen) atoms. The zero-order valence-electron chi connectivity index (χ0n) is 8.77. The van der Waals surface area contributed by atoms with Crippen molar-refractivity contribution in [3.05, 3.63) is 0 Å². The molecule has 0 aliphatic rings. The number of hydrogen-bond donors (Lipinski definition) is 0. The van der Waals surface area contributed by atoms with Gasteiger partial charge in [0.05, 0.1) is 0 Å². The molecule has 0 N–H and O–H groups in total. The molecule has 0 radical (unpaired) electrons.